The van der Waals surface area contributed by atoms with Crippen LogP contribution in [0, 0.1) is 0 Å². The zero-order valence-electron chi connectivity index (χ0n) is 7.87. The van der Waals surface area contributed by atoms with Gasteiger partial charge in [-0.3, -0.25) is 4.98 Å². The maximum absolute atomic E-state index is 4.12. The molecule has 1 N–H and O–H groups in total. The first-order valence-electron chi connectivity index (χ1n) is 4.81. The molecule has 2 nitrogen and oxygen atoms in total. The maximum atomic E-state index is 4.12. The second kappa shape index (κ2) is 5.14. The molecule has 1 aromatic rings. The molecule has 0 atom stereocenters. The average molecular weight is 273 g/mol. The van der Waals surface area contributed by atoms with Crippen molar-refractivity contribution in [1.29, 1.82) is 0 Å². The minimum absolute atomic E-state index is 0.816. The molecule has 0 amide bonds. The Kier molecular flexibility index (Phi) is 3.84. The van der Waals surface area contributed by atoms with Gasteiger partial charge in [-0.05, 0) is 34.8 Å². The molecule has 4 heteroatoms. The molecule has 76 valence electrons. The molecule has 0 aliphatic heterocycles. The van der Waals surface area contributed by atoms with Gasteiger partial charge in [0.2, 0.25) is 0 Å². The van der Waals surface area contributed by atoms with Crippen LogP contribution in [-0.2, 0) is 0 Å². The van der Waals surface area contributed by atoms with E-state index < -0.39 is 0 Å². The number of nitrogens with one attached hydrogen (secondary N) is 1. The second-order valence-electron chi connectivity index (χ2n) is 3.42. The summed E-state index contributed by atoms with van der Waals surface area (Å²) < 4.78 is 1.05. The van der Waals surface area contributed by atoms with Gasteiger partial charge in [-0.25, -0.2) is 0 Å². The summed E-state index contributed by atoms with van der Waals surface area (Å²) >= 11 is 5.26. The lowest BCUT2D eigenvalue weighted by molar-refractivity contribution is 0.726. The summed E-state index contributed by atoms with van der Waals surface area (Å²) in [5.74, 6) is 1.12. The van der Waals surface area contributed by atoms with E-state index in [9.17, 15) is 0 Å². The first kappa shape index (κ1) is 10.5. The van der Waals surface area contributed by atoms with E-state index in [4.69, 9.17) is 0 Å². The number of nitrogens with zero attached hydrogens (tertiary/aromatic N) is 1. The Balaban J connectivity index is 1.68. The fraction of sp³-hybridized carbons (Fsp3) is 0.500. The first-order valence-corrected chi connectivity index (χ1v) is 6.59. The highest BCUT2D eigenvalue weighted by Gasteiger charge is 2.19. The van der Waals surface area contributed by atoms with Gasteiger partial charge in [0.15, 0.2) is 0 Å². The van der Waals surface area contributed by atoms with Crippen LogP contribution < -0.4 is 5.32 Å². The Bertz CT molecular complexity index is 302. The van der Waals surface area contributed by atoms with Gasteiger partial charge in [0.1, 0.15) is 0 Å². The number of aromatic nitrogens is 1. The molecule has 0 aromatic carbocycles. The highest BCUT2D eigenvalue weighted by molar-refractivity contribution is 9.10. The molecule has 0 spiro atoms. The third-order valence-electron chi connectivity index (χ3n) is 2.06. The molecule has 14 heavy (non-hydrogen) atoms. The summed E-state index contributed by atoms with van der Waals surface area (Å²) in [4.78, 5) is 5.36. The molecule has 0 radical (unpaired) electrons. The highest BCUT2D eigenvalue weighted by atomic mass is 79.9. The quantitative estimate of drug-likeness (QED) is 0.659. The molecule has 0 unspecified atom stereocenters. The molecule has 1 fully saturated rings. The van der Waals surface area contributed by atoms with Gasteiger partial charge in [-0.2, -0.15) is 0 Å². The van der Waals surface area contributed by atoms with Crippen LogP contribution in [0.1, 0.15) is 12.8 Å². The third-order valence-corrected chi connectivity index (χ3v) is 3.46. The third kappa shape index (κ3) is 3.59. The smallest absolute Gasteiger partial charge is 0.0411 e. The monoisotopic (exact) mass is 272 g/mol. The standard InChI is InChI=1S/C10H13BrN2S/c11-8-5-10(7-12-6-8)14-4-3-13-9-1-2-9/h5-7,9,13H,1-4H2. The molecule has 1 heterocycles. The van der Waals surface area contributed by atoms with E-state index in [2.05, 4.69) is 32.3 Å². The Labute approximate surface area is 97.0 Å². The Hall–Kier alpha value is -0.0600. The van der Waals surface area contributed by atoms with Crippen molar-refractivity contribution in [2.45, 2.75) is 23.8 Å². The van der Waals surface area contributed by atoms with E-state index in [0.29, 0.717) is 0 Å². The lowest BCUT2D eigenvalue weighted by Gasteiger charge is -2.02. The summed E-state index contributed by atoms with van der Waals surface area (Å²) in [5, 5.41) is 3.49. The van der Waals surface area contributed by atoms with Gasteiger partial charge in [-0.1, -0.05) is 0 Å². The molecule has 0 saturated heterocycles. The lowest BCUT2D eigenvalue weighted by atomic mass is 10.5. The number of halogens is 1. The van der Waals surface area contributed by atoms with Crippen molar-refractivity contribution < 1.29 is 0 Å². The molecule has 0 bridgehead atoms. The average Bonchev–Trinajstić information content (AvgIpc) is 2.96. The topological polar surface area (TPSA) is 24.9 Å². The fourth-order valence-corrected chi connectivity index (χ4v) is 2.51. The van der Waals surface area contributed by atoms with Crippen LogP contribution in [0.15, 0.2) is 27.8 Å². The van der Waals surface area contributed by atoms with Gasteiger partial charge < -0.3 is 5.32 Å². The van der Waals surface area contributed by atoms with Crippen LogP contribution in [0.2, 0.25) is 0 Å². The van der Waals surface area contributed by atoms with Crippen molar-refractivity contribution in [2.75, 3.05) is 12.3 Å². The molecular formula is C10H13BrN2S. The van der Waals surface area contributed by atoms with E-state index in [1.165, 1.54) is 17.7 Å². The minimum Gasteiger partial charge on any atom is -0.313 e. The fourth-order valence-electron chi connectivity index (χ4n) is 1.19. The van der Waals surface area contributed by atoms with Crippen molar-refractivity contribution in [2.24, 2.45) is 0 Å². The largest absolute Gasteiger partial charge is 0.313 e. The van der Waals surface area contributed by atoms with E-state index in [-0.39, 0.29) is 0 Å². The normalized spacial score (nSPS) is 15.8. The Morgan fingerprint density at radius 2 is 2.36 bits per heavy atom. The summed E-state index contributed by atoms with van der Waals surface area (Å²) in [7, 11) is 0. The zero-order valence-corrected chi connectivity index (χ0v) is 10.3. The summed E-state index contributed by atoms with van der Waals surface area (Å²) in [5.41, 5.74) is 0. The second-order valence-corrected chi connectivity index (χ2v) is 5.50. The van der Waals surface area contributed by atoms with Crippen LogP contribution in [0.3, 0.4) is 0 Å². The van der Waals surface area contributed by atoms with Gasteiger partial charge in [0, 0.05) is 40.1 Å². The van der Waals surface area contributed by atoms with Crippen LogP contribution >= 0.6 is 27.7 Å². The summed E-state index contributed by atoms with van der Waals surface area (Å²) in [6.45, 7) is 1.10. The Morgan fingerprint density at radius 3 is 3.07 bits per heavy atom. The molecule has 1 aromatic heterocycles. The molecular weight excluding hydrogens is 260 g/mol. The number of thioether (sulfide) groups is 1. The van der Waals surface area contributed by atoms with Crippen LogP contribution in [-0.4, -0.2) is 23.3 Å². The van der Waals surface area contributed by atoms with Crippen molar-refractivity contribution in [3.63, 3.8) is 0 Å². The molecule has 1 aliphatic carbocycles. The zero-order chi connectivity index (χ0) is 9.80. The van der Waals surface area contributed by atoms with Crippen LogP contribution in [0.4, 0.5) is 0 Å². The summed E-state index contributed by atoms with van der Waals surface area (Å²) in [6, 6.07) is 2.92. The molecule has 1 saturated carbocycles. The van der Waals surface area contributed by atoms with Crippen LogP contribution in [0.5, 0.6) is 0 Å². The molecule has 2 rings (SSSR count). The van der Waals surface area contributed by atoms with Gasteiger partial charge in [-0.15, -0.1) is 11.8 Å². The van der Waals surface area contributed by atoms with Crippen molar-refractivity contribution in [3.05, 3.63) is 22.9 Å². The van der Waals surface area contributed by atoms with Crippen molar-refractivity contribution in [1.82, 2.24) is 10.3 Å². The van der Waals surface area contributed by atoms with E-state index in [1.54, 1.807) is 0 Å². The Morgan fingerprint density at radius 1 is 1.50 bits per heavy atom. The van der Waals surface area contributed by atoms with E-state index in [0.717, 1.165) is 22.8 Å². The highest BCUT2D eigenvalue weighted by Crippen LogP contribution is 2.21. The van der Waals surface area contributed by atoms with E-state index in [1.807, 2.05) is 24.2 Å². The number of rotatable bonds is 5. The number of pyridine rings is 1. The predicted octanol–water partition coefficient (Wildman–Crippen LogP) is 2.69. The van der Waals surface area contributed by atoms with Crippen LogP contribution in [0.25, 0.3) is 0 Å². The predicted molar refractivity (Wildman–Crippen MR) is 63.7 cm³/mol. The van der Waals surface area contributed by atoms with Gasteiger partial charge in [0.25, 0.3) is 0 Å². The number of hydrogen-bond donors (Lipinski definition) is 1. The van der Waals surface area contributed by atoms with E-state index >= 15 is 0 Å². The van der Waals surface area contributed by atoms with Gasteiger partial charge in [0.05, 0.1) is 0 Å². The first-order chi connectivity index (χ1) is 6.84. The number of hydrogen-bond acceptors (Lipinski definition) is 3. The van der Waals surface area contributed by atoms with Gasteiger partial charge >= 0.3 is 0 Å². The maximum Gasteiger partial charge on any atom is 0.0411 e. The van der Waals surface area contributed by atoms with Crippen molar-refractivity contribution >= 4 is 27.7 Å². The summed E-state index contributed by atoms with van der Waals surface area (Å²) in [6.07, 6.45) is 6.45. The SMILES string of the molecule is Brc1cncc(SCCNC2CC2)c1. The lowest BCUT2D eigenvalue weighted by Crippen LogP contribution is -2.18. The molecule has 1 aliphatic rings. The minimum atomic E-state index is 0.816. The van der Waals surface area contributed by atoms with Crippen molar-refractivity contribution in [3.8, 4) is 0 Å².